The molecule has 0 fully saturated rings. The van der Waals surface area contributed by atoms with Crippen molar-refractivity contribution in [2.24, 2.45) is 0 Å². The van der Waals surface area contributed by atoms with Gasteiger partial charge in [-0.15, -0.1) is 0 Å². The minimum absolute atomic E-state index is 0.189. The molecule has 2 aromatic rings. The van der Waals surface area contributed by atoms with Crippen molar-refractivity contribution in [3.63, 3.8) is 0 Å². The highest BCUT2D eigenvalue weighted by Crippen LogP contribution is 2.29. The topological polar surface area (TPSA) is 127 Å². The van der Waals surface area contributed by atoms with Gasteiger partial charge in [-0.2, -0.15) is 0 Å². The predicted molar refractivity (Wildman–Crippen MR) is 96.7 cm³/mol. The summed E-state index contributed by atoms with van der Waals surface area (Å²) in [6.45, 7) is 2.63. The number of nitro groups is 1. The molecular formula is C17H19N3O6. The number of unbranched alkanes of at least 4 members (excludes halogenated alkanes) is 1. The Balaban J connectivity index is 2.33. The van der Waals surface area contributed by atoms with Gasteiger partial charge in [-0.3, -0.25) is 19.9 Å². The van der Waals surface area contributed by atoms with Gasteiger partial charge in [0.15, 0.2) is 11.5 Å². The molecule has 9 nitrogen and oxygen atoms in total. The van der Waals surface area contributed by atoms with Gasteiger partial charge in [-0.25, -0.2) is 4.79 Å². The molecule has 0 aliphatic rings. The Bertz CT molecular complexity index is 929. The molecule has 138 valence electrons. The molecule has 0 amide bonds. The van der Waals surface area contributed by atoms with E-state index in [4.69, 9.17) is 9.47 Å². The first-order valence-electron chi connectivity index (χ1n) is 7.96. The summed E-state index contributed by atoms with van der Waals surface area (Å²) in [6, 6.07) is 5.15. The lowest BCUT2D eigenvalue weighted by Crippen LogP contribution is -2.25. The average Bonchev–Trinajstić information content (AvgIpc) is 2.59. The second-order valence-corrected chi connectivity index (χ2v) is 5.37. The Morgan fingerprint density at radius 1 is 1.19 bits per heavy atom. The van der Waals surface area contributed by atoms with E-state index in [1.165, 1.54) is 19.3 Å². The van der Waals surface area contributed by atoms with Crippen molar-refractivity contribution in [1.82, 2.24) is 9.97 Å². The molecule has 0 saturated carbocycles. The molecule has 2 N–H and O–H groups in total. The van der Waals surface area contributed by atoms with Crippen molar-refractivity contribution >= 4 is 17.8 Å². The van der Waals surface area contributed by atoms with E-state index < -0.39 is 21.9 Å². The molecule has 0 bridgehead atoms. The first kappa shape index (κ1) is 19.0. The molecule has 1 aromatic carbocycles. The number of hydrogen-bond donors (Lipinski definition) is 2. The van der Waals surface area contributed by atoms with Gasteiger partial charge in [-0.05, 0) is 30.2 Å². The van der Waals surface area contributed by atoms with Gasteiger partial charge in [0.05, 0.1) is 18.6 Å². The van der Waals surface area contributed by atoms with E-state index in [1.807, 2.05) is 4.98 Å². The molecule has 1 aromatic heterocycles. The van der Waals surface area contributed by atoms with Crippen LogP contribution in [0.2, 0.25) is 0 Å². The number of benzene rings is 1. The van der Waals surface area contributed by atoms with Crippen molar-refractivity contribution in [3.05, 3.63) is 60.4 Å². The highest BCUT2D eigenvalue weighted by Gasteiger charge is 2.18. The summed E-state index contributed by atoms with van der Waals surface area (Å²) < 4.78 is 10.9. The van der Waals surface area contributed by atoms with Crippen molar-refractivity contribution < 1.29 is 14.4 Å². The quantitative estimate of drug-likeness (QED) is 0.422. The summed E-state index contributed by atoms with van der Waals surface area (Å²) in [5.41, 5.74) is -2.15. The van der Waals surface area contributed by atoms with Crippen LogP contribution in [-0.2, 0) is 0 Å². The van der Waals surface area contributed by atoms with Crippen LogP contribution >= 0.6 is 0 Å². The van der Waals surface area contributed by atoms with Gasteiger partial charge in [0.25, 0.3) is 0 Å². The van der Waals surface area contributed by atoms with Crippen LogP contribution < -0.4 is 20.7 Å². The maximum absolute atomic E-state index is 11.6. The number of methoxy groups -OCH3 is 1. The Hall–Kier alpha value is -3.36. The number of hydrogen-bond acceptors (Lipinski definition) is 6. The Kier molecular flexibility index (Phi) is 6.31. The first-order chi connectivity index (χ1) is 12.5. The zero-order chi connectivity index (χ0) is 19.1. The molecule has 0 saturated heterocycles. The zero-order valence-electron chi connectivity index (χ0n) is 14.4. The summed E-state index contributed by atoms with van der Waals surface area (Å²) in [4.78, 5) is 37.2. The lowest BCUT2D eigenvalue weighted by atomic mass is 10.1. The lowest BCUT2D eigenvalue weighted by Gasteiger charge is -2.10. The Labute approximate surface area is 148 Å². The SMILES string of the molecule is CCCCOc1ccc(/C=C/c2[nH]c(=O)[nH]c(=O)c2[N+](=O)[O-])cc1OC. The number of nitrogens with zero attached hydrogens (tertiary/aromatic N) is 1. The van der Waals surface area contributed by atoms with Gasteiger partial charge in [0, 0.05) is 0 Å². The van der Waals surface area contributed by atoms with E-state index >= 15 is 0 Å². The third-order valence-corrected chi connectivity index (χ3v) is 3.51. The standard InChI is InChI=1S/C17H19N3O6/c1-3-4-9-26-13-8-6-11(10-14(13)25-2)5-7-12-15(20(23)24)16(21)19-17(22)18-12/h5-8,10H,3-4,9H2,1-2H3,(H2,18,19,21,22)/b7-5+. The maximum Gasteiger partial charge on any atom is 0.357 e. The summed E-state index contributed by atoms with van der Waals surface area (Å²) in [5.74, 6) is 1.10. The van der Waals surface area contributed by atoms with E-state index in [1.54, 1.807) is 18.2 Å². The van der Waals surface area contributed by atoms with Gasteiger partial charge < -0.3 is 14.5 Å². The van der Waals surface area contributed by atoms with Crippen LogP contribution in [0.15, 0.2) is 27.8 Å². The molecule has 0 radical (unpaired) electrons. The zero-order valence-corrected chi connectivity index (χ0v) is 14.4. The van der Waals surface area contributed by atoms with Crippen LogP contribution in [0.4, 0.5) is 5.69 Å². The normalized spacial score (nSPS) is 10.8. The number of nitrogens with one attached hydrogen (secondary N) is 2. The molecule has 0 atom stereocenters. The van der Waals surface area contributed by atoms with E-state index in [0.29, 0.717) is 23.7 Å². The van der Waals surface area contributed by atoms with Crippen LogP contribution in [0.25, 0.3) is 12.2 Å². The number of H-pyrrole nitrogens is 2. The second-order valence-electron chi connectivity index (χ2n) is 5.37. The number of rotatable bonds is 8. The van der Waals surface area contributed by atoms with Crippen LogP contribution in [0, 0.1) is 10.1 Å². The van der Waals surface area contributed by atoms with Crippen LogP contribution in [0.5, 0.6) is 11.5 Å². The predicted octanol–water partition coefficient (Wildman–Crippen LogP) is 2.33. The molecule has 26 heavy (non-hydrogen) atoms. The van der Waals surface area contributed by atoms with Crippen molar-refractivity contribution in [2.45, 2.75) is 19.8 Å². The van der Waals surface area contributed by atoms with E-state index in [0.717, 1.165) is 12.8 Å². The molecule has 0 spiro atoms. The third-order valence-electron chi connectivity index (χ3n) is 3.51. The molecule has 0 unspecified atom stereocenters. The number of ether oxygens (including phenoxy) is 2. The van der Waals surface area contributed by atoms with Crippen molar-refractivity contribution in [3.8, 4) is 11.5 Å². The van der Waals surface area contributed by atoms with Crippen LogP contribution in [-0.4, -0.2) is 28.6 Å². The number of aromatic nitrogens is 2. The minimum Gasteiger partial charge on any atom is -0.493 e. The van der Waals surface area contributed by atoms with Gasteiger partial charge in [-0.1, -0.05) is 25.5 Å². The monoisotopic (exact) mass is 361 g/mol. The number of aromatic amines is 2. The fourth-order valence-corrected chi connectivity index (χ4v) is 2.21. The molecule has 2 rings (SSSR count). The smallest absolute Gasteiger partial charge is 0.357 e. The average molecular weight is 361 g/mol. The van der Waals surface area contributed by atoms with E-state index in [2.05, 4.69) is 11.9 Å². The molecule has 0 aliphatic carbocycles. The summed E-state index contributed by atoms with van der Waals surface area (Å²) in [6.07, 6.45) is 4.75. The largest absolute Gasteiger partial charge is 0.493 e. The van der Waals surface area contributed by atoms with Gasteiger partial charge in [0.1, 0.15) is 5.69 Å². The minimum atomic E-state index is -1.06. The van der Waals surface area contributed by atoms with E-state index in [-0.39, 0.29) is 5.69 Å². The highest BCUT2D eigenvalue weighted by molar-refractivity contribution is 5.72. The van der Waals surface area contributed by atoms with Crippen LogP contribution in [0.1, 0.15) is 31.0 Å². The molecule has 9 heteroatoms. The second kappa shape index (κ2) is 8.65. The summed E-state index contributed by atoms with van der Waals surface area (Å²) in [5, 5.41) is 11.0. The fraction of sp³-hybridized carbons (Fsp3) is 0.294. The Morgan fingerprint density at radius 3 is 2.62 bits per heavy atom. The van der Waals surface area contributed by atoms with Crippen molar-refractivity contribution in [1.29, 1.82) is 0 Å². The van der Waals surface area contributed by atoms with Gasteiger partial charge in [0.2, 0.25) is 0 Å². The van der Waals surface area contributed by atoms with Crippen LogP contribution in [0.3, 0.4) is 0 Å². The fourth-order valence-electron chi connectivity index (χ4n) is 2.21. The molecule has 1 heterocycles. The highest BCUT2D eigenvalue weighted by atomic mass is 16.6. The lowest BCUT2D eigenvalue weighted by molar-refractivity contribution is -0.386. The van der Waals surface area contributed by atoms with Gasteiger partial charge >= 0.3 is 16.9 Å². The Morgan fingerprint density at radius 2 is 1.96 bits per heavy atom. The summed E-state index contributed by atoms with van der Waals surface area (Å²) in [7, 11) is 1.51. The van der Waals surface area contributed by atoms with Crippen molar-refractivity contribution in [2.75, 3.05) is 13.7 Å². The third kappa shape index (κ3) is 4.59. The maximum atomic E-state index is 11.6. The van der Waals surface area contributed by atoms with E-state index in [9.17, 15) is 19.7 Å². The molecular weight excluding hydrogens is 342 g/mol. The molecule has 0 aliphatic heterocycles. The first-order valence-corrected chi connectivity index (χ1v) is 7.96. The summed E-state index contributed by atoms with van der Waals surface area (Å²) >= 11 is 0.